The lowest BCUT2D eigenvalue weighted by Crippen LogP contribution is -2.39. The lowest BCUT2D eigenvalue weighted by Gasteiger charge is -2.45. The van der Waals surface area contributed by atoms with E-state index in [0.29, 0.717) is 23.7 Å². The van der Waals surface area contributed by atoms with E-state index in [1.165, 1.54) is 25.7 Å². The van der Waals surface area contributed by atoms with Crippen molar-refractivity contribution < 1.29 is 9.53 Å². The average Bonchev–Trinajstić information content (AvgIpc) is 2.82. The highest BCUT2D eigenvalue weighted by molar-refractivity contribution is 5.87. The number of allylic oxidation sites excluding steroid dienone is 3. The van der Waals surface area contributed by atoms with Gasteiger partial charge >= 0.3 is 0 Å². The number of carbonyl (C=O) groups is 1. The molecule has 0 aromatic heterocycles. The van der Waals surface area contributed by atoms with E-state index in [2.05, 4.69) is 13.0 Å². The van der Waals surface area contributed by atoms with Crippen LogP contribution in [0.1, 0.15) is 58.3 Å². The lowest BCUT2D eigenvalue weighted by atomic mass is 9.59. The molecule has 4 rings (SSSR count). The number of rotatable bonds is 1. The quantitative estimate of drug-likeness (QED) is 0.722. The highest BCUT2D eigenvalue weighted by Gasteiger charge is 2.52. The highest BCUT2D eigenvalue weighted by atomic mass is 16.5. The summed E-state index contributed by atoms with van der Waals surface area (Å²) in [5, 5.41) is 0. The number of ether oxygens (including phenoxy) is 1. The predicted octanol–water partition coefficient (Wildman–Crippen LogP) is 4.21. The van der Waals surface area contributed by atoms with E-state index >= 15 is 0 Å². The summed E-state index contributed by atoms with van der Waals surface area (Å²) in [5.41, 5.74) is 4.89. The molecule has 4 aliphatic rings. The van der Waals surface area contributed by atoms with Crippen molar-refractivity contribution in [3.63, 3.8) is 0 Å². The Hall–Kier alpha value is -0.890. The van der Waals surface area contributed by atoms with E-state index in [1.807, 2.05) is 7.11 Å². The van der Waals surface area contributed by atoms with Gasteiger partial charge in [0.2, 0.25) is 0 Å². The van der Waals surface area contributed by atoms with Gasteiger partial charge in [-0.05, 0) is 67.9 Å². The van der Waals surface area contributed by atoms with Gasteiger partial charge in [0.25, 0.3) is 0 Å². The molecule has 0 aromatic carbocycles. The Balaban J connectivity index is 1.68. The zero-order chi connectivity index (χ0) is 14.6. The zero-order valence-electron chi connectivity index (χ0n) is 13.3. The van der Waals surface area contributed by atoms with Crippen LogP contribution in [0.25, 0.3) is 0 Å². The van der Waals surface area contributed by atoms with Crippen molar-refractivity contribution in [3.05, 3.63) is 22.8 Å². The van der Waals surface area contributed by atoms with Gasteiger partial charge in [-0.1, -0.05) is 18.6 Å². The molecule has 0 amide bonds. The summed E-state index contributed by atoms with van der Waals surface area (Å²) in [5.74, 6) is 1.79. The first-order valence-electron chi connectivity index (χ1n) is 8.61. The van der Waals surface area contributed by atoms with E-state index in [9.17, 15) is 4.79 Å². The molecule has 4 unspecified atom stereocenters. The van der Waals surface area contributed by atoms with Crippen LogP contribution in [0.2, 0.25) is 0 Å². The normalized spacial score (nSPS) is 42.3. The number of fused-ring (bicyclic) bond motifs is 4. The van der Waals surface area contributed by atoms with Crippen molar-refractivity contribution in [1.82, 2.24) is 0 Å². The van der Waals surface area contributed by atoms with Gasteiger partial charge in [0.15, 0.2) is 0 Å². The highest BCUT2D eigenvalue weighted by Crippen LogP contribution is 2.57. The van der Waals surface area contributed by atoms with Crippen LogP contribution in [0, 0.1) is 17.3 Å². The maximum atomic E-state index is 12.3. The summed E-state index contributed by atoms with van der Waals surface area (Å²) in [7, 11) is 1.84. The third kappa shape index (κ3) is 1.91. The van der Waals surface area contributed by atoms with Crippen molar-refractivity contribution >= 4 is 5.78 Å². The van der Waals surface area contributed by atoms with E-state index < -0.39 is 0 Å². The van der Waals surface area contributed by atoms with Crippen molar-refractivity contribution in [2.24, 2.45) is 17.3 Å². The molecule has 0 radical (unpaired) electrons. The van der Waals surface area contributed by atoms with Crippen molar-refractivity contribution in [1.29, 1.82) is 0 Å². The summed E-state index contributed by atoms with van der Waals surface area (Å²) in [6.45, 7) is 2.23. The van der Waals surface area contributed by atoms with Crippen LogP contribution < -0.4 is 0 Å². The molecular weight excluding hydrogens is 260 g/mol. The second-order valence-electron chi connectivity index (χ2n) is 7.68. The maximum absolute atomic E-state index is 12.3. The van der Waals surface area contributed by atoms with Gasteiger partial charge in [-0.2, -0.15) is 0 Å². The van der Waals surface area contributed by atoms with Crippen LogP contribution in [-0.2, 0) is 9.53 Å². The third-order valence-electron chi connectivity index (χ3n) is 6.83. The summed E-state index contributed by atoms with van der Waals surface area (Å²) < 4.78 is 5.58. The standard InChI is InChI=1S/C19H26O2/c1-19-10-9-15-14-6-4-13(21-2)11-12(14)3-5-16(15)17(19)7-8-18(19)20/h9,13,16-17H,3-8,10-11H2,1-2H3. The number of methoxy groups -OCH3 is 1. The SMILES string of the molecule is COC1CCC2=C(CCC3C2=CCC2(C)C(=O)CCC32)C1. The van der Waals surface area contributed by atoms with E-state index in [4.69, 9.17) is 4.74 Å². The van der Waals surface area contributed by atoms with Gasteiger partial charge in [-0.15, -0.1) is 0 Å². The molecule has 1 fully saturated rings. The van der Waals surface area contributed by atoms with Crippen LogP contribution in [0.4, 0.5) is 0 Å². The molecule has 0 N–H and O–H groups in total. The van der Waals surface area contributed by atoms with Crippen molar-refractivity contribution in [2.45, 2.75) is 64.4 Å². The zero-order valence-corrected chi connectivity index (χ0v) is 13.3. The average molecular weight is 286 g/mol. The summed E-state index contributed by atoms with van der Waals surface area (Å²) in [4.78, 5) is 12.3. The molecule has 0 spiro atoms. The molecule has 0 saturated heterocycles. The molecule has 4 atom stereocenters. The first-order chi connectivity index (χ1) is 10.1. The van der Waals surface area contributed by atoms with Crippen LogP contribution >= 0.6 is 0 Å². The van der Waals surface area contributed by atoms with E-state index in [0.717, 1.165) is 25.7 Å². The fraction of sp³-hybridized carbons (Fsp3) is 0.737. The number of carbonyl (C=O) groups excluding carboxylic acids is 1. The second-order valence-corrected chi connectivity index (χ2v) is 7.68. The minimum atomic E-state index is -0.0457. The molecular formula is C19H26O2. The topological polar surface area (TPSA) is 26.3 Å². The fourth-order valence-corrected chi connectivity index (χ4v) is 5.52. The van der Waals surface area contributed by atoms with Gasteiger partial charge < -0.3 is 4.74 Å². The molecule has 0 aromatic rings. The summed E-state index contributed by atoms with van der Waals surface area (Å²) in [6.07, 6.45) is 11.8. The summed E-state index contributed by atoms with van der Waals surface area (Å²) in [6, 6.07) is 0. The molecule has 1 saturated carbocycles. The number of hydrogen-bond acceptors (Lipinski definition) is 2. The van der Waals surface area contributed by atoms with Crippen LogP contribution in [0.5, 0.6) is 0 Å². The Labute approximate surface area is 127 Å². The number of Topliss-reactive ketones (excluding diaryl/α,β-unsaturated/α-hetero) is 1. The Morgan fingerprint density at radius 2 is 2.05 bits per heavy atom. The van der Waals surface area contributed by atoms with Gasteiger partial charge in [0.1, 0.15) is 5.78 Å². The third-order valence-corrected chi connectivity index (χ3v) is 6.83. The van der Waals surface area contributed by atoms with Gasteiger partial charge in [0.05, 0.1) is 6.10 Å². The monoisotopic (exact) mass is 286 g/mol. The predicted molar refractivity (Wildman–Crippen MR) is 82.9 cm³/mol. The van der Waals surface area contributed by atoms with Crippen LogP contribution in [-0.4, -0.2) is 19.0 Å². The van der Waals surface area contributed by atoms with E-state index in [-0.39, 0.29) is 5.41 Å². The first-order valence-corrected chi connectivity index (χ1v) is 8.61. The minimum absolute atomic E-state index is 0.0457. The molecule has 21 heavy (non-hydrogen) atoms. The van der Waals surface area contributed by atoms with Crippen molar-refractivity contribution in [2.75, 3.05) is 7.11 Å². The maximum Gasteiger partial charge on any atom is 0.139 e. The molecule has 0 aliphatic heterocycles. The fourth-order valence-electron chi connectivity index (χ4n) is 5.52. The summed E-state index contributed by atoms with van der Waals surface area (Å²) >= 11 is 0. The van der Waals surface area contributed by atoms with Crippen LogP contribution in [0.15, 0.2) is 22.8 Å². The molecule has 114 valence electrons. The molecule has 2 heteroatoms. The Morgan fingerprint density at radius 3 is 2.86 bits per heavy atom. The van der Waals surface area contributed by atoms with Crippen molar-refractivity contribution in [3.8, 4) is 0 Å². The Kier molecular flexibility index (Phi) is 3.15. The van der Waals surface area contributed by atoms with E-state index in [1.54, 1.807) is 16.7 Å². The Morgan fingerprint density at radius 1 is 1.19 bits per heavy atom. The molecule has 0 bridgehead atoms. The lowest BCUT2D eigenvalue weighted by molar-refractivity contribution is -0.127. The molecule has 4 aliphatic carbocycles. The van der Waals surface area contributed by atoms with Gasteiger partial charge in [-0.3, -0.25) is 4.79 Å². The number of ketones is 1. The Bertz CT molecular complexity index is 542. The second kappa shape index (κ2) is 4.81. The van der Waals surface area contributed by atoms with Gasteiger partial charge in [0, 0.05) is 18.9 Å². The van der Waals surface area contributed by atoms with Gasteiger partial charge in [-0.25, -0.2) is 0 Å². The largest absolute Gasteiger partial charge is 0.381 e. The molecule has 2 nitrogen and oxygen atoms in total. The first kappa shape index (κ1) is 13.8. The minimum Gasteiger partial charge on any atom is -0.381 e. The molecule has 0 heterocycles. The smallest absolute Gasteiger partial charge is 0.139 e. The number of hydrogen-bond donors (Lipinski definition) is 0. The van der Waals surface area contributed by atoms with Crippen LogP contribution in [0.3, 0.4) is 0 Å².